The number of amides is 1. The van der Waals surface area contributed by atoms with E-state index in [9.17, 15) is 4.79 Å². The Morgan fingerprint density at radius 2 is 1.94 bits per heavy atom. The highest BCUT2D eigenvalue weighted by Crippen LogP contribution is 2.27. The van der Waals surface area contributed by atoms with E-state index >= 15 is 0 Å². The zero-order valence-corrected chi connectivity index (χ0v) is 10.7. The summed E-state index contributed by atoms with van der Waals surface area (Å²) >= 11 is 0. The van der Waals surface area contributed by atoms with Crippen molar-refractivity contribution in [1.29, 1.82) is 0 Å². The Morgan fingerprint density at radius 3 is 2.50 bits per heavy atom. The summed E-state index contributed by atoms with van der Waals surface area (Å²) in [7, 11) is 0. The molecule has 2 aliphatic rings. The molecule has 96 valence electrons. The number of nitrogens with zero attached hydrogens (tertiary/aromatic N) is 1. The Balaban J connectivity index is 1.59. The van der Waals surface area contributed by atoms with Gasteiger partial charge in [0.1, 0.15) is 0 Å². The Kier molecular flexibility index (Phi) is 3.22. The van der Waals surface area contributed by atoms with Crippen LogP contribution in [0.3, 0.4) is 0 Å². The maximum Gasteiger partial charge on any atom is 0.227 e. The van der Waals surface area contributed by atoms with E-state index in [0.29, 0.717) is 6.42 Å². The van der Waals surface area contributed by atoms with E-state index < -0.39 is 0 Å². The standard InChI is InChI=1S/C15H20N2O/c18-15-5-2-10-17(15)14-8-6-13(7-9-14)16-11-12-3-1-4-12/h6-9,12,16H,1-5,10-11H2. The fraction of sp³-hybridized carbons (Fsp3) is 0.533. The minimum Gasteiger partial charge on any atom is -0.385 e. The third kappa shape index (κ3) is 2.35. The molecule has 1 saturated heterocycles. The van der Waals surface area contributed by atoms with Crippen molar-refractivity contribution in [2.75, 3.05) is 23.3 Å². The molecule has 0 spiro atoms. The molecule has 0 aromatic heterocycles. The molecule has 1 aliphatic carbocycles. The maximum atomic E-state index is 11.6. The largest absolute Gasteiger partial charge is 0.385 e. The van der Waals surface area contributed by atoms with E-state index in [1.807, 2.05) is 17.0 Å². The highest BCUT2D eigenvalue weighted by molar-refractivity contribution is 5.95. The van der Waals surface area contributed by atoms with Crippen molar-refractivity contribution in [3.63, 3.8) is 0 Å². The second kappa shape index (κ2) is 5.01. The molecule has 0 atom stereocenters. The van der Waals surface area contributed by atoms with E-state index in [2.05, 4.69) is 17.4 Å². The molecule has 3 rings (SSSR count). The van der Waals surface area contributed by atoms with Crippen LogP contribution in [0.15, 0.2) is 24.3 Å². The first-order valence-corrected chi connectivity index (χ1v) is 6.97. The van der Waals surface area contributed by atoms with Crippen molar-refractivity contribution >= 4 is 17.3 Å². The van der Waals surface area contributed by atoms with Crippen LogP contribution in [0.1, 0.15) is 32.1 Å². The Morgan fingerprint density at radius 1 is 1.17 bits per heavy atom. The van der Waals surface area contributed by atoms with Crippen LogP contribution in [0.4, 0.5) is 11.4 Å². The quantitative estimate of drug-likeness (QED) is 0.883. The van der Waals surface area contributed by atoms with Crippen LogP contribution in [0.25, 0.3) is 0 Å². The smallest absolute Gasteiger partial charge is 0.227 e. The molecule has 0 radical (unpaired) electrons. The normalized spacial score (nSPS) is 20.0. The SMILES string of the molecule is O=C1CCCN1c1ccc(NCC2CCC2)cc1. The molecule has 1 saturated carbocycles. The van der Waals surface area contributed by atoms with Crippen LogP contribution in [-0.4, -0.2) is 19.0 Å². The lowest BCUT2D eigenvalue weighted by atomic mass is 9.85. The van der Waals surface area contributed by atoms with E-state index in [4.69, 9.17) is 0 Å². The molecule has 0 bridgehead atoms. The molecular formula is C15H20N2O. The number of carbonyl (C=O) groups excluding carboxylic acids is 1. The van der Waals surface area contributed by atoms with Gasteiger partial charge in [0.05, 0.1) is 0 Å². The molecule has 1 aliphatic heterocycles. The number of anilines is 2. The van der Waals surface area contributed by atoms with Gasteiger partial charge in [-0.15, -0.1) is 0 Å². The summed E-state index contributed by atoms with van der Waals surface area (Å²) in [6, 6.07) is 8.26. The maximum absolute atomic E-state index is 11.6. The van der Waals surface area contributed by atoms with Crippen LogP contribution >= 0.6 is 0 Å². The number of hydrogen-bond acceptors (Lipinski definition) is 2. The number of nitrogens with one attached hydrogen (secondary N) is 1. The molecular weight excluding hydrogens is 224 g/mol. The first-order chi connectivity index (χ1) is 8.83. The van der Waals surface area contributed by atoms with Gasteiger partial charge in [0.25, 0.3) is 0 Å². The molecule has 1 heterocycles. The highest BCUT2D eigenvalue weighted by Gasteiger charge is 2.21. The van der Waals surface area contributed by atoms with Crippen LogP contribution in [0, 0.1) is 5.92 Å². The van der Waals surface area contributed by atoms with E-state index in [-0.39, 0.29) is 5.91 Å². The lowest BCUT2D eigenvalue weighted by molar-refractivity contribution is -0.117. The highest BCUT2D eigenvalue weighted by atomic mass is 16.2. The summed E-state index contributed by atoms with van der Waals surface area (Å²) in [5.74, 6) is 1.12. The van der Waals surface area contributed by atoms with Gasteiger partial charge in [0.15, 0.2) is 0 Å². The van der Waals surface area contributed by atoms with Gasteiger partial charge >= 0.3 is 0 Å². The molecule has 3 nitrogen and oxygen atoms in total. The lowest BCUT2D eigenvalue weighted by Gasteiger charge is -2.26. The van der Waals surface area contributed by atoms with Gasteiger partial charge in [-0.25, -0.2) is 0 Å². The van der Waals surface area contributed by atoms with E-state index in [1.54, 1.807) is 0 Å². The van der Waals surface area contributed by atoms with Gasteiger partial charge in [-0.3, -0.25) is 4.79 Å². The first kappa shape index (κ1) is 11.6. The van der Waals surface area contributed by atoms with Crippen LogP contribution in [-0.2, 0) is 4.79 Å². The van der Waals surface area contributed by atoms with Crippen LogP contribution < -0.4 is 10.2 Å². The van der Waals surface area contributed by atoms with Crippen molar-refractivity contribution in [1.82, 2.24) is 0 Å². The lowest BCUT2D eigenvalue weighted by Crippen LogP contribution is -2.23. The Bertz CT molecular complexity index is 423. The van der Waals surface area contributed by atoms with Gasteiger partial charge in [0, 0.05) is 30.9 Å². The summed E-state index contributed by atoms with van der Waals surface area (Å²) in [5.41, 5.74) is 2.20. The average Bonchev–Trinajstić information content (AvgIpc) is 2.74. The number of carbonyl (C=O) groups is 1. The third-order valence-electron chi connectivity index (χ3n) is 4.07. The Labute approximate surface area is 108 Å². The van der Waals surface area contributed by atoms with Gasteiger partial charge in [-0.1, -0.05) is 6.42 Å². The Hall–Kier alpha value is -1.51. The molecule has 0 unspecified atom stereocenters. The molecule has 3 heteroatoms. The zero-order valence-electron chi connectivity index (χ0n) is 10.7. The minimum atomic E-state index is 0.255. The summed E-state index contributed by atoms with van der Waals surface area (Å²) in [4.78, 5) is 13.5. The molecule has 2 fully saturated rings. The number of hydrogen-bond donors (Lipinski definition) is 1. The predicted octanol–water partition coefficient (Wildman–Crippen LogP) is 3.03. The van der Waals surface area contributed by atoms with Gasteiger partial charge in [-0.05, 0) is 49.4 Å². The van der Waals surface area contributed by atoms with Gasteiger partial charge in [0.2, 0.25) is 5.91 Å². The zero-order chi connectivity index (χ0) is 12.4. The van der Waals surface area contributed by atoms with Gasteiger partial charge in [-0.2, -0.15) is 0 Å². The second-order valence-corrected chi connectivity index (χ2v) is 5.37. The molecule has 1 aromatic carbocycles. The number of benzene rings is 1. The average molecular weight is 244 g/mol. The first-order valence-electron chi connectivity index (χ1n) is 6.97. The van der Waals surface area contributed by atoms with Crippen LogP contribution in [0.5, 0.6) is 0 Å². The third-order valence-corrected chi connectivity index (χ3v) is 4.07. The van der Waals surface area contributed by atoms with Crippen molar-refractivity contribution in [2.24, 2.45) is 5.92 Å². The van der Waals surface area contributed by atoms with Crippen molar-refractivity contribution in [3.05, 3.63) is 24.3 Å². The summed E-state index contributed by atoms with van der Waals surface area (Å²) in [6.07, 6.45) is 5.81. The van der Waals surface area contributed by atoms with Crippen molar-refractivity contribution in [3.8, 4) is 0 Å². The summed E-state index contributed by atoms with van der Waals surface area (Å²) in [6.45, 7) is 1.95. The van der Waals surface area contributed by atoms with Crippen molar-refractivity contribution in [2.45, 2.75) is 32.1 Å². The summed E-state index contributed by atoms with van der Waals surface area (Å²) in [5, 5.41) is 3.47. The topological polar surface area (TPSA) is 32.3 Å². The predicted molar refractivity (Wildman–Crippen MR) is 73.9 cm³/mol. The second-order valence-electron chi connectivity index (χ2n) is 5.37. The summed E-state index contributed by atoms with van der Waals surface area (Å²) < 4.78 is 0. The molecule has 1 aromatic rings. The van der Waals surface area contributed by atoms with E-state index in [1.165, 1.54) is 19.3 Å². The monoisotopic (exact) mass is 244 g/mol. The molecule has 1 amide bonds. The molecule has 1 N–H and O–H groups in total. The van der Waals surface area contributed by atoms with Gasteiger partial charge < -0.3 is 10.2 Å². The molecule has 18 heavy (non-hydrogen) atoms. The van der Waals surface area contributed by atoms with Crippen molar-refractivity contribution < 1.29 is 4.79 Å². The van der Waals surface area contributed by atoms with E-state index in [0.717, 1.165) is 36.8 Å². The van der Waals surface area contributed by atoms with Crippen LogP contribution in [0.2, 0.25) is 0 Å². The number of rotatable bonds is 4. The fourth-order valence-electron chi connectivity index (χ4n) is 2.64. The fourth-order valence-corrected chi connectivity index (χ4v) is 2.64. The minimum absolute atomic E-state index is 0.255.